The number of hydrogen-bond acceptors (Lipinski definition) is 6. The zero-order chi connectivity index (χ0) is 21.9. The third-order valence-corrected chi connectivity index (χ3v) is 6.20. The van der Waals surface area contributed by atoms with Crippen LogP contribution >= 0.6 is 0 Å². The highest BCUT2D eigenvalue weighted by Gasteiger charge is 2.26. The van der Waals surface area contributed by atoms with E-state index in [1.165, 1.54) is 6.07 Å². The van der Waals surface area contributed by atoms with E-state index < -0.39 is 9.84 Å². The van der Waals surface area contributed by atoms with Crippen LogP contribution in [-0.2, 0) is 9.84 Å². The number of benzene rings is 2. The first-order chi connectivity index (χ1) is 14.3. The number of sulfone groups is 1. The van der Waals surface area contributed by atoms with Crippen molar-refractivity contribution in [3.63, 3.8) is 0 Å². The van der Waals surface area contributed by atoms with E-state index in [-0.39, 0.29) is 16.4 Å². The monoisotopic (exact) mass is 431 g/mol. The molecule has 0 saturated heterocycles. The van der Waals surface area contributed by atoms with Crippen LogP contribution in [0.4, 0.5) is 0 Å². The Morgan fingerprint density at radius 3 is 2.13 bits per heavy atom. The highest BCUT2D eigenvalue weighted by atomic mass is 32.2. The first-order valence-electron chi connectivity index (χ1n) is 9.38. The van der Waals surface area contributed by atoms with Crippen LogP contribution in [0.25, 0.3) is 5.57 Å². The fourth-order valence-electron chi connectivity index (χ4n) is 3.54. The fraction of sp³-hybridized carbons (Fsp3) is 0.318. The number of ether oxygens (including phenoxy) is 3. The molecule has 0 N–H and O–H groups in total. The highest BCUT2D eigenvalue weighted by molar-refractivity contribution is 7.90. The molecule has 8 heteroatoms. The smallest absolute Gasteiger partial charge is 0.255 e. The number of hydrogen-bond donors (Lipinski definition) is 0. The third-order valence-electron chi connectivity index (χ3n) is 5.05. The predicted molar refractivity (Wildman–Crippen MR) is 114 cm³/mol. The summed E-state index contributed by atoms with van der Waals surface area (Å²) >= 11 is 0. The summed E-state index contributed by atoms with van der Waals surface area (Å²) < 4.78 is 40.5. The van der Waals surface area contributed by atoms with Crippen LogP contribution in [0.2, 0.25) is 0 Å². The van der Waals surface area contributed by atoms with Crippen LogP contribution in [0.3, 0.4) is 0 Å². The molecule has 0 aromatic heterocycles. The summed E-state index contributed by atoms with van der Waals surface area (Å²) in [7, 11) is 1.24. The van der Waals surface area contributed by atoms with Gasteiger partial charge < -0.3 is 19.1 Å². The summed E-state index contributed by atoms with van der Waals surface area (Å²) in [5, 5.41) is 0. The van der Waals surface area contributed by atoms with Gasteiger partial charge in [-0.3, -0.25) is 4.79 Å². The molecule has 1 aliphatic rings. The topological polar surface area (TPSA) is 82.1 Å². The van der Waals surface area contributed by atoms with Crippen molar-refractivity contribution in [1.82, 2.24) is 4.90 Å². The molecule has 0 radical (unpaired) electrons. The molecule has 0 atom stereocenters. The van der Waals surface area contributed by atoms with E-state index in [2.05, 4.69) is 0 Å². The van der Waals surface area contributed by atoms with Crippen molar-refractivity contribution in [3.05, 3.63) is 53.6 Å². The minimum Gasteiger partial charge on any atom is -0.496 e. The second-order valence-electron chi connectivity index (χ2n) is 6.91. The number of rotatable bonds is 6. The quantitative estimate of drug-likeness (QED) is 0.699. The lowest BCUT2D eigenvalue weighted by molar-refractivity contribution is 0.0769. The molecule has 160 valence electrons. The van der Waals surface area contributed by atoms with Crippen molar-refractivity contribution in [3.8, 4) is 17.2 Å². The molecule has 0 bridgehead atoms. The Balaban J connectivity index is 1.91. The van der Waals surface area contributed by atoms with Gasteiger partial charge in [-0.1, -0.05) is 18.2 Å². The van der Waals surface area contributed by atoms with Gasteiger partial charge in [0, 0.05) is 31.5 Å². The molecule has 30 heavy (non-hydrogen) atoms. The van der Waals surface area contributed by atoms with Gasteiger partial charge in [-0.05, 0) is 24.1 Å². The van der Waals surface area contributed by atoms with Gasteiger partial charge >= 0.3 is 0 Å². The first kappa shape index (κ1) is 21.7. The lowest BCUT2D eigenvalue weighted by Gasteiger charge is -2.28. The molecule has 2 aromatic carbocycles. The van der Waals surface area contributed by atoms with E-state index in [0.29, 0.717) is 36.8 Å². The van der Waals surface area contributed by atoms with Gasteiger partial charge in [0.1, 0.15) is 17.2 Å². The lowest BCUT2D eigenvalue weighted by atomic mass is 9.96. The molecule has 7 nitrogen and oxygen atoms in total. The number of carbonyl (C=O) groups excluding carboxylic acids is 1. The van der Waals surface area contributed by atoms with Crippen LogP contribution in [0.15, 0.2) is 47.4 Å². The minimum absolute atomic E-state index is 0.0447. The molecule has 0 aliphatic carbocycles. The van der Waals surface area contributed by atoms with Crippen LogP contribution in [0.5, 0.6) is 17.2 Å². The molecule has 1 aliphatic heterocycles. The van der Waals surface area contributed by atoms with E-state index in [1.807, 2.05) is 6.08 Å². The highest BCUT2D eigenvalue weighted by Crippen LogP contribution is 2.41. The van der Waals surface area contributed by atoms with E-state index in [1.54, 1.807) is 56.6 Å². The van der Waals surface area contributed by atoms with Gasteiger partial charge in [0.15, 0.2) is 9.84 Å². The Hall–Kier alpha value is -3.00. The normalized spacial score (nSPS) is 14.1. The first-order valence-corrected chi connectivity index (χ1v) is 11.3. The minimum atomic E-state index is -3.50. The van der Waals surface area contributed by atoms with E-state index in [4.69, 9.17) is 14.2 Å². The number of carbonyl (C=O) groups is 1. The van der Waals surface area contributed by atoms with Crippen molar-refractivity contribution >= 4 is 21.3 Å². The maximum atomic E-state index is 13.0. The maximum absolute atomic E-state index is 13.0. The molecule has 3 rings (SSSR count). The summed E-state index contributed by atoms with van der Waals surface area (Å²) in [6, 6.07) is 9.87. The summed E-state index contributed by atoms with van der Waals surface area (Å²) in [5.41, 5.74) is 2.01. The molecule has 1 heterocycles. The summed E-state index contributed by atoms with van der Waals surface area (Å²) in [6.07, 6.45) is 3.62. The number of methoxy groups -OCH3 is 3. The molecule has 1 amide bonds. The third kappa shape index (κ3) is 4.28. The fourth-order valence-corrected chi connectivity index (χ4v) is 4.42. The average molecular weight is 432 g/mol. The number of nitrogens with zero attached hydrogens (tertiary/aromatic N) is 1. The summed E-state index contributed by atoms with van der Waals surface area (Å²) in [6.45, 7) is 0.797. The van der Waals surface area contributed by atoms with E-state index in [9.17, 15) is 13.2 Å². The van der Waals surface area contributed by atoms with Gasteiger partial charge in [-0.2, -0.15) is 0 Å². The van der Waals surface area contributed by atoms with Gasteiger partial charge in [0.05, 0.1) is 37.4 Å². The Kier molecular flexibility index (Phi) is 6.36. The van der Waals surface area contributed by atoms with E-state index >= 15 is 0 Å². The summed E-state index contributed by atoms with van der Waals surface area (Å²) in [5.74, 6) is 1.57. The van der Waals surface area contributed by atoms with Gasteiger partial charge in [0.25, 0.3) is 5.91 Å². The van der Waals surface area contributed by atoms with E-state index in [0.717, 1.165) is 17.4 Å². The number of amides is 1. The zero-order valence-corrected chi connectivity index (χ0v) is 18.3. The Morgan fingerprint density at radius 2 is 1.63 bits per heavy atom. The molecule has 0 spiro atoms. The van der Waals surface area contributed by atoms with Crippen molar-refractivity contribution in [2.45, 2.75) is 11.3 Å². The maximum Gasteiger partial charge on any atom is 0.255 e. The van der Waals surface area contributed by atoms with Crippen molar-refractivity contribution in [1.29, 1.82) is 0 Å². The Morgan fingerprint density at radius 1 is 1.00 bits per heavy atom. The molecular formula is C22H25NO6S. The molecule has 0 fully saturated rings. The van der Waals surface area contributed by atoms with Crippen LogP contribution in [0, 0.1) is 0 Å². The molecular weight excluding hydrogens is 406 g/mol. The van der Waals surface area contributed by atoms with Gasteiger partial charge in [-0.15, -0.1) is 0 Å². The van der Waals surface area contributed by atoms with Crippen LogP contribution < -0.4 is 14.2 Å². The molecule has 0 saturated carbocycles. The molecule has 2 aromatic rings. The standard InChI is InChI=1S/C22H25NO6S/c1-27-16-13-18(28-2)21(19(14-16)29-3)15-9-11-23(12-10-15)22(24)17-7-5-6-8-20(17)30(4,25)26/h5-9,13-14H,10-12H2,1-4H3. The van der Waals surface area contributed by atoms with Gasteiger partial charge in [0.2, 0.25) is 0 Å². The second kappa shape index (κ2) is 8.79. The van der Waals surface area contributed by atoms with Gasteiger partial charge in [-0.25, -0.2) is 8.42 Å². The average Bonchev–Trinajstić information content (AvgIpc) is 2.77. The second-order valence-corrected chi connectivity index (χ2v) is 8.89. The predicted octanol–water partition coefficient (Wildman–Crippen LogP) is 3.05. The van der Waals surface area contributed by atoms with Crippen LogP contribution in [-0.4, -0.2) is 59.9 Å². The van der Waals surface area contributed by atoms with Crippen LogP contribution in [0.1, 0.15) is 22.3 Å². The Labute approximate surface area is 176 Å². The largest absolute Gasteiger partial charge is 0.496 e. The SMILES string of the molecule is COc1cc(OC)c(C2=CCN(C(=O)c3ccccc3S(C)(=O)=O)CC2)c(OC)c1. The van der Waals surface area contributed by atoms with Crippen molar-refractivity contribution < 1.29 is 27.4 Å². The van der Waals surface area contributed by atoms with Crippen molar-refractivity contribution in [2.24, 2.45) is 0 Å². The zero-order valence-electron chi connectivity index (χ0n) is 17.5. The lowest BCUT2D eigenvalue weighted by Crippen LogP contribution is -2.35. The Bertz CT molecular complexity index is 1070. The molecule has 0 unspecified atom stereocenters. The van der Waals surface area contributed by atoms with Crippen molar-refractivity contribution in [2.75, 3.05) is 40.7 Å². The summed E-state index contributed by atoms with van der Waals surface area (Å²) in [4.78, 5) is 14.7.